The van der Waals surface area contributed by atoms with Gasteiger partial charge in [-0.05, 0) is 50.0 Å². The van der Waals surface area contributed by atoms with Crippen LogP contribution in [0.3, 0.4) is 0 Å². The average molecular weight is 321 g/mol. The lowest BCUT2D eigenvalue weighted by Crippen LogP contribution is -2.36. The molecule has 122 valence electrons. The Morgan fingerprint density at radius 1 is 1.23 bits per heavy atom. The summed E-state index contributed by atoms with van der Waals surface area (Å²) in [6.07, 6.45) is 4.69. The lowest BCUT2D eigenvalue weighted by molar-refractivity contribution is 0.222. The summed E-state index contributed by atoms with van der Waals surface area (Å²) in [7, 11) is -2.88. The SMILES string of the molecule is Cc1ccc([C@H]2C[C@@H](C)N(CC3(CS(C)(=O)=O)CC3)C2)cc1. The van der Waals surface area contributed by atoms with Crippen LogP contribution >= 0.6 is 0 Å². The minimum Gasteiger partial charge on any atom is -0.299 e. The van der Waals surface area contributed by atoms with E-state index in [1.165, 1.54) is 23.8 Å². The molecule has 0 N–H and O–H groups in total. The van der Waals surface area contributed by atoms with Gasteiger partial charge in [0.05, 0.1) is 5.75 Å². The smallest absolute Gasteiger partial charge is 0.148 e. The van der Waals surface area contributed by atoms with Gasteiger partial charge in [0.15, 0.2) is 0 Å². The van der Waals surface area contributed by atoms with Gasteiger partial charge in [-0.15, -0.1) is 0 Å². The molecule has 1 heterocycles. The molecule has 1 saturated carbocycles. The molecule has 0 bridgehead atoms. The fourth-order valence-electron chi connectivity index (χ4n) is 3.91. The van der Waals surface area contributed by atoms with Gasteiger partial charge in [-0.25, -0.2) is 8.42 Å². The summed E-state index contributed by atoms with van der Waals surface area (Å²) in [6, 6.07) is 9.42. The summed E-state index contributed by atoms with van der Waals surface area (Å²) in [5.41, 5.74) is 2.77. The highest BCUT2D eigenvalue weighted by Gasteiger charge is 2.48. The minimum atomic E-state index is -2.88. The topological polar surface area (TPSA) is 37.4 Å². The molecule has 0 amide bonds. The molecule has 3 nitrogen and oxygen atoms in total. The van der Waals surface area contributed by atoms with Crippen LogP contribution in [0.5, 0.6) is 0 Å². The number of hydrogen-bond acceptors (Lipinski definition) is 3. The van der Waals surface area contributed by atoms with Crippen molar-refractivity contribution in [3.8, 4) is 0 Å². The van der Waals surface area contributed by atoms with Crippen LogP contribution in [0, 0.1) is 12.3 Å². The molecule has 2 aliphatic rings. The highest BCUT2D eigenvalue weighted by Crippen LogP contribution is 2.49. The Morgan fingerprint density at radius 2 is 1.86 bits per heavy atom. The molecule has 3 rings (SSSR count). The fourth-order valence-corrected chi connectivity index (χ4v) is 5.40. The molecule has 2 fully saturated rings. The molecule has 0 unspecified atom stereocenters. The van der Waals surface area contributed by atoms with Crippen molar-refractivity contribution in [2.24, 2.45) is 5.41 Å². The molecule has 1 aromatic rings. The summed E-state index contributed by atoms with van der Waals surface area (Å²) in [5, 5.41) is 0. The third-order valence-electron chi connectivity index (χ3n) is 5.32. The molecular formula is C18H27NO2S. The van der Waals surface area contributed by atoms with E-state index in [0.717, 1.165) is 25.9 Å². The Hall–Kier alpha value is -0.870. The summed E-state index contributed by atoms with van der Waals surface area (Å²) >= 11 is 0. The van der Waals surface area contributed by atoms with Crippen molar-refractivity contribution in [1.82, 2.24) is 4.90 Å². The third kappa shape index (κ3) is 3.72. The molecule has 1 saturated heterocycles. The molecule has 4 heteroatoms. The number of hydrogen-bond donors (Lipinski definition) is 0. The van der Waals surface area contributed by atoms with Crippen LogP contribution < -0.4 is 0 Å². The molecule has 22 heavy (non-hydrogen) atoms. The van der Waals surface area contributed by atoms with Crippen molar-refractivity contribution in [3.63, 3.8) is 0 Å². The first-order valence-corrected chi connectivity index (χ1v) is 10.3. The van der Waals surface area contributed by atoms with Gasteiger partial charge in [0.2, 0.25) is 0 Å². The van der Waals surface area contributed by atoms with Crippen LogP contribution in [0.15, 0.2) is 24.3 Å². The van der Waals surface area contributed by atoms with Gasteiger partial charge in [-0.3, -0.25) is 4.90 Å². The summed E-state index contributed by atoms with van der Waals surface area (Å²) in [5.74, 6) is 0.947. The number of sulfone groups is 1. The Labute approximate surface area is 134 Å². The number of aryl methyl sites for hydroxylation is 1. The van der Waals surface area contributed by atoms with Gasteiger partial charge < -0.3 is 0 Å². The maximum Gasteiger partial charge on any atom is 0.148 e. The van der Waals surface area contributed by atoms with E-state index in [4.69, 9.17) is 0 Å². The molecule has 2 atom stereocenters. The van der Waals surface area contributed by atoms with Crippen LogP contribution in [0.4, 0.5) is 0 Å². The van der Waals surface area contributed by atoms with E-state index in [1.807, 2.05) is 0 Å². The van der Waals surface area contributed by atoms with Gasteiger partial charge in [0.1, 0.15) is 9.84 Å². The zero-order valence-corrected chi connectivity index (χ0v) is 14.7. The molecule has 0 radical (unpaired) electrons. The van der Waals surface area contributed by atoms with Crippen molar-refractivity contribution in [2.45, 2.75) is 45.1 Å². The number of likely N-dealkylation sites (tertiary alicyclic amines) is 1. The van der Waals surface area contributed by atoms with E-state index in [1.54, 1.807) is 0 Å². The summed E-state index contributed by atoms with van der Waals surface area (Å²) < 4.78 is 23.3. The first-order chi connectivity index (χ1) is 10.3. The van der Waals surface area contributed by atoms with Crippen molar-refractivity contribution in [2.75, 3.05) is 25.1 Å². The first-order valence-electron chi connectivity index (χ1n) is 8.25. The highest BCUT2D eigenvalue weighted by atomic mass is 32.2. The van der Waals surface area contributed by atoms with Crippen LogP contribution in [-0.2, 0) is 9.84 Å². The first kappa shape index (κ1) is 16.0. The normalized spacial score (nSPS) is 28.0. The second kappa shape index (κ2) is 5.64. The van der Waals surface area contributed by atoms with Gasteiger partial charge in [-0.1, -0.05) is 29.8 Å². The maximum absolute atomic E-state index is 11.6. The summed E-state index contributed by atoms with van der Waals surface area (Å²) in [4.78, 5) is 2.52. The minimum absolute atomic E-state index is 0.0456. The maximum atomic E-state index is 11.6. The molecule has 0 aromatic heterocycles. The van der Waals surface area contributed by atoms with E-state index in [9.17, 15) is 8.42 Å². The van der Waals surface area contributed by atoms with Crippen LogP contribution in [0.1, 0.15) is 43.2 Å². The molecule has 1 aromatic carbocycles. The number of benzene rings is 1. The van der Waals surface area contributed by atoms with Crippen LogP contribution in [-0.4, -0.2) is 44.5 Å². The van der Waals surface area contributed by atoms with Gasteiger partial charge >= 0.3 is 0 Å². The Balaban J connectivity index is 1.65. The molecule has 1 aliphatic heterocycles. The quantitative estimate of drug-likeness (QED) is 0.836. The Bertz CT molecular complexity index is 632. The number of nitrogens with zero attached hydrogens (tertiary/aromatic N) is 1. The van der Waals surface area contributed by atoms with Crippen LogP contribution in [0.25, 0.3) is 0 Å². The van der Waals surface area contributed by atoms with E-state index < -0.39 is 9.84 Å². The van der Waals surface area contributed by atoms with E-state index in [0.29, 0.717) is 17.7 Å². The zero-order valence-electron chi connectivity index (χ0n) is 13.9. The predicted molar refractivity (Wildman–Crippen MR) is 90.9 cm³/mol. The highest BCUT2D eigenvalue weighted by molar-refractivity contribution is 7.90. The number of rotatable bonds is 5. The predicted octanol–water partition coefficient (Wildman–Crippen LogP) is 3.00. The standard InChI is InChI=1S/C18H27NO2S/c1-14-4-6-16(7-5-14)17-10-15(2)19(11-17)12-18(8-9-18)13-22(3,20)21/h4-7,15,17H,8-13H2,1-3H3/t15-,17+/m1/s1. The van der Waals surface area contributed by atoms with Crippen molar-refractivity contribution in [1.29, 1.82) is 0 Å². The van der Waals surface area contributed by atoms with Gasteiger partial charge in [0, 0.05) is 25.4 Å². The lowest BCUT2D eigenvalue weighted by atomic mass is 9.96. The summed E-state index contributed by atoms with van der Waals surface area (Å²) in [6.45, 7) is 6.42. The van der Waals surface area contributed by atoms with E-state index in [2.05, 4.69) is 43.0 Å². The monoisotopic (exact) mass is 321 g/mol. The average Bonchev–Trinajstić information content (AvgIpc) is 3.04. The molecule has 0 spiro atoms. The molecule has 1 aliphatic carbocycles. The largest absolute Gasteiger partial charge is 0.299 e. The Morgan fingerprint density at radius 3 is 2.41 bits per heavy atom. The third-order valence-corrected chi connectivity index (χ3v) is 6.45. The van der Waals surface area contributed by atoms with Crippen LogP contribution in [0.2, 0.25) is 0 Å². The molecular weight excluding hydrogens is 294 g/mol. The van der Waals surface area contributed by atoms with Crippen molar-refractivity contribution >= 4 is 9.84 Å². The second-order valence-corrected chi connectivity index (χ2v) is 9.83. The lowest BCUT2D eigenvalue weighted by Gasteiger charge is -2.26. The van der Waals surface area contributed by atoms with Crippen molar-refractivity contribution < 1.29 is 8.42 Å². The van der Waals surface area contributed by atoms with Gasteiger partial charge in [-0.2, -0.15) is 0 Å². The van der Waals surface area contributed by atoms with Crippen molar-refractivity contribution in [3.05, 3.63) is 35.4 Å². The second-order valence-electron chi connectivity index (χ2n) is 7.69. The van der Waals surface area contributed by atoms with E-state index >= 15 is 0 Å². The fraction of sp³-hybridized carbons (Fsp3) is 0.667. The van der Waals surface area contributed by atoms with Gasteiger partial charge in [0.25, 0.3) is 0 Å². The van der Waals surface area contributed by atoms with E-state index in [-0.39, 0.29) is 5.41 Å². The zero-order chi connectivity index (χ0) is 16.0. The Kier molecular flexibility index (Phi) is 4.11.